The van der Waals surface area contributed by atoms with Gasteiger partial charge in [0.1, 0.15) is 0 Å². The second kappa shape index (κ2) is 19.8. The van der Waals surface area contributed by atoms with E-state index in [1.165, 1.54) is 173 Å². The number of rotatable bonds is 5. The number of benzene rings is 16. The van der Waals surface area contributed by atoms with Crippen molar-refractivity contribution in [3.63, 3.8) is 0 Å². The Balaban J connectivity index is 0.000000134. The molecule has 404 valence electrons. The monoisotopic (exact) mass is 1120 g/mol. The van der Waals surface area contributed by atoms with Crippen LogP contribution in [0.4, 0.5) is 0 Å². The van der Waals surface area contributed by atoms with E-state index >= 15 is 0 Å². The van der Waals surface area contributed by atoms with Crippen LogP contribution in [0.15, 0.2) is 315 Å². The second-order valence-electron chi connectivity index (χ2n) is 23.1. The minimum absolute atomic E-state index is 1.20. The van der Waals surface area contributed by atoms with Gasteiger partial charge in [0.05, 0.1) is 22.1 Å². The Kier molecular flexibility index (Phi) is 11.2. The van der Waals surface area contributed by atoms with E-state index in [1.807, 2.05) is 11.3 Å². The number of nitrogens with zero attached hydrogens (tertiary/aromatic N) is 2. The Bertz CT molecular complexity index is 5490. The van der Waals surface area contributed by atoms with Crippen LogP contribution in [0, 0.1) is 0 Å². The van der Waals surface area contributed by atoms with Crippen molar-refractivity contribution < 1.29 is 0 Å². The molecule has 0 saturated carbocycles. The highest BCUT2D eigenvalue weighted by atomic mass is 32.1. The summed E-state index contributed by atoms with van der Waals surface area (Å²) in [4.78, 5) is 0. The summed E-state index contributed by atoms with van der Waals surface area (Å²) in [6, 6.07) is 116. The second-order valence-corrected chi connectivity index (χ2v) is 24.2. The highest BCUT2D eigenvalue weighted by molar-refractivity contribution is 7.25. The first-order chi connectivity index (χ1) is 43.1. The third-order valence-corrected chi connectivity index (χ3v) is 19.5. The normalized spacial score (nSPS) is 11.9. The van der Waals surface area contributed by atoms with Crippen LogP contribution in [0.2, 0.25) is 0 Å². The molecular weight excluding hydrogens is 1070 g/mol. The van der Waals surface area contributed by atoms with E-state index in [1.54, 1.807) is 0 Å². The summed E-state index contributed by atoms with van der Waals surface area (Å²) in [5.74, 6) is 0. The Labute approximate surface area is 505 Å². The number of fused-ring (bicyclic) bond motifs is 21. The molecule has 0 unspecified atom stereocenters. The smallest absolute Gasteiger partial charge is 0.0541 e. The molecule has 3 heteroatoms. The van der Waals surface area contributed by atoms with Gasteiger partial charge in [-0.05, 0) is 183 Å². The van der Waals surface area contributed by atoms with Crippen LogP contribution in [0.3, 0.4) is 0 Å². The van der Waals surface area contributed by atoms with Gasteiger partial charge in [0.15, 0.2) is 0 Å². The van der Waals surface area contributed by atoms with Crippen LogP contribution in [0.5, 0.6) is 0 Å². The average Bonchev–Trinajstić information content (AvgIpc) is 1.94. The lowest BCUT2D eigenvalue weighted by Crippen LogP contribution is -1.94. The summed E-state index contributed by atoms with van der Waals surface area (Å²) in [6.07, 6.45) is 0. The lowest BCUT2D eigenvalue weighted by Gasteiger charge is -2.13. The van der Waals surface area contributed by atoms with Crippen molar-refractivity contribution in [2.45, 2.75) is 0 Å². The molecule has 3 aromatic heterocycles. The molecule has 0 aliphatic heterocycles. The fourth-order valence-electron chi connectivity index (χ4n) is 14.4. The fraction of sp³-hybridized carbons (Fsp3) is 0. The molecule has 0 aliphatic rings. The molecule has 0 radical (unpaired) electrons. The molecule has 19 aromatic rings. The molecule has 0 bridgehead atoms. The maximum atomic E-state index is 2.41. The molecule has 19 rings (SSSR count). The van der Waals surface area contributed by atoms with Crippen molar-refractivity contribution in [2.24, 2.45) is 0 Å². The van der Waals surface area contributed by atoms with Crippen LogP contribution in [-0.2, 0) is 0 Å². The zero-order valence-corrected chi connectivity index (χ0v) is 48.1. The van der Waals surface area contributed by atoms with Gasteiger partial charge < -0.3 is 9.13 Å². The standard InChI is InChI=1S/C48H30.C36H22N2S/c1-3-19-41-37(15-1)39-17-5-7-21-43(39)47-29-35(23-25-45(41)47)33-13-9-11-31(27-33)32-12-10-14-34(28-32)36-24-26-46-42-20-4-2-16-38(42)40-18-6-8-22-44(40)48(46)30-36;1-5-13-31-25(9-1)26-10-2-6-14-32(26)37(31)23-17-19-35-29(21-23)30-22-24(18-20-36(30)39-35)38-33-15-7-3-11-27(33)28-12-4-8-16-34(28)38/h1-30H;1-22H. The molecule has 0 aliphatic carbocycles. The van der Waals surface area contributed by atoms with Crippen molar-refractivity contribution in [1.29, 1.82) is 0 Å². The number of hydrogen-bond donors (Lipinski definition) is 0. The number of para-hydroxylation sites is 4. The van der Waals surface area contributed by atoms with Gasteiger partial charge in [0.2, 0.25) is 0 Å². The van der Waals surface area contributed by atoms with E-state index in [-0.39, 0.29) is 0 Å². The Hall–Kier alpha value is -11.1. The number of hydrogen-bond acceptors (Lipinski definition) is 1. The van der Waals surface area contributed by atoms with E-state index in [4.69, 9.17) is 0 Å². The van der Waals surface area contributed by atoms with Gasteiger partial charge in [0.25, 0.3) is 0 Å². The number of aromatic nitrogens is 2. The molecule has 0 fully saturated rings. The third kappa shape index (κ3) is 7.87. The molecule has 0 spiro atoms. The summed E-state index contributed by atoms with van der Waals surface area (Å²) < 4.78 is 7.44. The largest absolute Gasteiger partial charge is 0.309 e. The summed E-state index contributed by atoms with van der Waals surface area (Å²) >= 11 is 1.87. The van der Waals surface area contributed by atoms with Gasteiger partial charge in [-0.25, -0.2) is 0 Å². The van der Waals surface area contributed by atoms with E-state index in [9.17, 15) is 0 Å². The van der Waals surface area contributed by atoms with Crippen LogP contribution in [0.1, 0.15) is 0 Å². The lowest BCUT2D eigenvalue weighted by molar-refractivity contribution is 1.18. The van der Waals surface area contributed by atoms with E-state index in [0.717, 1.165) is 0 Å². The Morgan fingerprint density at radius 2 is 0.414 bits per heavy atom. The van der Waals surface area contributed by atoms with E-state index in [0.29, 0.717) is 0 Å². The van der Waals surface area contributed by atoms with Gasteiger partial charge in [-0.1, -0.05) is 231 Å². The van der Waals surface area contributed by atoms with Gasteiger partial charge in [-0.15, -0.1) is 11.3 Å². The van der Waals surface area contributed by atoms with Crippen LogP contribution in [0.25, 0.3) is 173 Å². The van der Waals surface area contributed by atoms with Gasteiger partial charge in [-0.3, -0.25) is 0 Å². The fourth-order valence-corrected chi connectivity index (χ4v) is 15.4. The van der Waals surface area contributed by atoms with Crippen LogP contribution in [-0.4, -0.2) is 9.13 Å². The highest BCUT2D eigenvalue weighted by Crippen LogP contribution is 2.43. The summed E-state index contributed by atoms with van der Waals surface area (Å²) in [6.45, 7) is 0. The molecule has 3 heterocycles. The molecule has 2 nitrogen and oxygen atoms in total. The maximum Gasteiger partial charge on any atom is 0.0541 e. The van der Waals surface area contributed by atoms with Gasteiger partial charge in [-0.2, -0.15) is 0 Å². The first-order valence-corrected chi connectivity index (χ1v) is 30.8. The summed E-state index contributed by atoms with van der Waals surface area (Å²) in [7, 11) is 0. The highest BCUT2D eigenvalue weighted by Gasteiger charge is 2.18. The lowest BCUT2D eigenvalue weighted by atomic mass is 9.90. The predicted octanol–water partition coefficient (Wildman–Crippen LogP) is 23.9. The van der Waals surface area contributed by atoms with Crippen LogP contribution >= 0.6 is 11.3 Å². The summed E-state index contributed by atoms with van der Waals surface area (Å²) in [5, 5.41) is 23.4. The molecule has 16 aromatic carbocycles. The molecular formula is C84H52N2S. The van der Waals surface area contributed by atoms with Crippen molar-refractivity contribution >= 4 is 140 Å². The quantitative estimate of drug-likeness (QED) is 0.152. The van der Waals surface area contributed by atoms with Crippen molar-refractivity contribution in [2.75, 3.05) is 0 Å². The Morgan fingerprint density at radius 1 is 0.161 bits per heavy atom. The zero-order valence-electron chi connectivity index (χ0n) is 47.3. The molecule has 87 heavy (non-hydrogen) atoms. The zero-order chi connectivity index (χ0) is 57.1. The van der Waals surface area contributed by atoms with Gasteiger partial charge >= 0.3 is 0 Å². The van der Waals surface area contributed by atoms with Crippen molar-refractivity contribution in [3.8, 4) is 44.8 Å². The third-order valence-electron chi connectivity index (χ3n) is 18.3. The molecule has 0 atom stereocenters. The van der Waals surface area contributed by atoms with E-state index < -0.39 is 0 Å². The minimum atomic E-state index is 1.20. The molecule has 0 N–H and O–H groups in total. The topological polar surface area (TPSA) is 9.86 Å². The van der Waals surface area contributed by atoms with Gasteiger partial charge in [0, 0.05) is 53.1 Å². The molecule has 0 saturated heterocycles. The average molecular weight is 1120 g/mol. The predicted molar refractivity (Wildman–Crippen MR) is 376 cm³/mol. The maximum absolute atomic E-state index is 2.41. The first-order valence-electron chi connectivity index (χ1n) is 30.0. The van der Waals surface area contributed by atoms with Crippen molar-refractivity contribution in [3.05, 3.63) is 315 Å². The van der Waals surface area contributed by atoms with E-state index in [2.05, 4.69) is 325 Å². The van der Waals surface area contributed by atoms with Crippen molar-refractivity contribution in [1.82, 2.24) is 9.13 Å². The SMILES string of the molecule is c1cc(-c2cccc(-c3ccc4c5ccccc5c5ccccc5c4c3)c2)cc(-c2ccc3c4ccccc4c4ccccc4c3c2)c1.c1ccc2c(c1)c1ccccc1n2-c1ccc2sc3ccc(-n4c5ccccc5c5ccccc54)cc3c2c1. The first kappa shape index (κ1) is 49.3. The summed E-state index contributed by atoms with van der Waals surface area (Å²) in [5.41, 5.74) is 14.7. The van der Waals surface area contributed by atoms with Crippen LogP contribution < -0.4 is 0 Å². The molecule has 0 amide bonds. The minimum Gasteiger partial charge on any atom is -0.309 e. The Morgan fingerprint density at radius 3 is 0.724 bits per heavy atom. The number of thiophene rings is 1.